The summed E-state index contributed by atoms with van der Waals surface area (Å²) in [5.74, 6) is 0.574. The molecule has 0 aromatic heterocycles. The van der Waals surface area contributed by atoms with Crippen LogP contribution in [0.5, 0.6) is 0 Å². The van der Waals surface area contributed by atoms with Gasteiger partial charge in [0.25, 0.3) is 0 Å². The van der Waals surface area contributed by atoms with Crippen LogP contribution < -0.4 is 0 Å². The molecule has 0 amide bonds. The normalized spacial score (nSPS) is 30.1. The van der Waals surface area contributed by atoms with Crippen molar-refractivity contribution in [2.45, 2.75) is 37.4 Å². The fourth-order valence-corrected chi connectivity index (χ4v) is 5.85. The quantitative estimate of drug-likeness (QED) is 0.680. The van der Waals surface area contributed by atoms with E-state index in [1.807, 2.05) is 24.3 Å². The molecule has 3 aliphatic rings. The third kappa shape index (κ3) is 3.29. The number of benzene rings is 2. The molecule has 144 valence electrons. The topological polar surface area (TPSA) is 6.48 Å². The maximum absolute atomic E-state index is 13.2. The molecule has 0 aliphatic carbocycles. The lowest BCUT2D eigenvalue weighted by Crippen LogP contribution is -2.45. The van der Waals surface area contributed by atoms with Crippen molar-refractivity contribution in [2.24, 2.45) is 5.92 Å². The van der Waals surface area contributed by atoms with E-state index in [-0.39, 0.29) is 18.2 Å². The number of hydrogen-bond donors (Lipinski definition) is 0. The van der Waals surface area contributed by atoms with E-state index in [9.17, 15) is 4.39 Å². The molecule has 3 saturated heterocycles. The average Bonchev–Trinajstić information content (AvgIpc) is 3.26. The molecule has 1 spiro atoms. The van der Waals surface area contributed by atoms with Gasteiger partial charge in [0.05, 0.1) is 0 Å². The van der Waals surface area contributed by atoms with Crippen molar-refractivity contribution in [1.29, 1.82) is 0 Å². The summed E-state index contributed by atoms with van der Waals surface area (Å²) in [5.41, 5.74) is 2.96. The smallest absolute Gasteiger partial charge is 0.123 e. The third-order valence-corrected chi connectivity index (χ3v) is 7.03. The molecule has 0 bridgehead atoms. The van der Waals surface area contributed by atoms with Crippen LogP contribution in [-0.4, -0.2) is 35.0 Å². The zero-order valence-electron chi connectivity index (χ0n) is 15.3. The SMILES string of the molecule is Cl.Fc1ccc(CN2CC3CC(c4ccc(Cl)cc4)N4CCCC34C2)cc1. The highest BCUT2D eigenvalue weighted by Gasteiger charge is 2.59. The standard InChI is InChI=1S/C22H24ClFN2.ClH/c23-19-6-4-17(5-7-19)21-12-18-14-25(13-16-2-8-20(24)9-3-16)15-22(18)10-1-11-26(21)22;/h2-9,18,21H,1,10-15H2;1H. The summed E-state index contributed by atoms with van der Waals surface area (Å²) in [5, 5.41) is 0.813. The Kier molecular flexibility index (Phi) is 5.24. The predicted octanol–water partition coefficient (Wildman–Crippen LogP) is 5.31. The minimum Gasteiger partial charge on any atom is -0.297 e. The Bertz CT molecular complexity index is 795. The van der Waals surface area contributed by atoms with Crippen LogP contribution in [0.2, 0.25) is 5.02 Å². The van der Waals surface area contributed by atoms with E-state index in [1.165, 1.54) is 36.9 Å². The summed E-state index contributed by atoms with van der Waals surface area (Å²) < 4.78 is 13.2. The Morgan fingerprint density at radius 3 is 2.56 bits per heavy atom. The second-order valence-corrected chi connectivity index (χ2v) is 8.63. The van der Waals surface area contributed by atoms with Gasteiger partial charge in [-0.2, -0.15) is 0 Å². The van der Waals surface area contributed by atoms with Gasteiger partial charge < -0.3 is 0 Å². The van der Waals surface area contributed by atoms with Gasteiger partial charge in [-0.05, 0) is 67.1 Å². The van der Waals surface area contributed by atoms with Crippen molar-refractivity contribution >= 4 is 24.0 Å². The van der Waals surface area contributed by atoms with Gasteiger partial charge in [0, 0.05) is 36.2 Å². The molecule has 3 unspecified atom stereocenters. The van der Waals surface area contributed by atoms with Gasteiger partial charge in [0.15, 0.2) is 0 Å². The van der Waals surface area contributed by atoms with E-state index >= 15 is 0 Å². The van der Waals surface area contributed by atoms with Crippen LogP contribution >= 0.6 is 24.0 Å². The minimum atomic E-state index is -0.154. The summed E-state index contributed by atoms with van der Waals surface area (Å²) >= 11 is 6.09. The van der Waals surface area contributed by atoms with E-state index in [4.69, 9.17) is 11.6 Å². The number of likely N-dealkylation sites (tertiary alicyclic amines) is 1. The number of nitrogens with zero attached hydrogens (tertiary/aromatic N) is 2. The average molecular weight is 407 g/mol. The second kappa shape index (κ2) is 7.36. The molecule has 2 nitrogen and oxygen atoms in total. The molecule has 0 radical (unpaired) electrons. The lowest BCUT2D eigenvalue weighted by atomic mass is 9.86. The number of halogens is 3. The molecule has 3 heterocycles. The Labute approximate surface area is 171 Å². The van der Waals surface area contributed by atoms with E-state index in [0.717, 1.165) is 30.6 Å². The highest BCUT2D eigenvalue weighted by molar-refractivity contribution is 6.30. The molecule has 3 fully saturated rings. The van der Waals surface area contributed by atoms with E-state index in [0.29, 0.717) is 11.6 Å². The van der Waals surface area contributed by atoms with E-state index in [1.54, 1.807) is 12.1 Å². The van der Waals surface area contributed by atoms with Crippen molar-refractivity contribution in [1.82, 2.24) is 9.80 Å². The van der Waals surface area contributed by atoms with Crippen molar-refractivity contribution in [3.8, 4) is 0 Å². The van der Waals surface area contributed by atoms with Gasteiger partial charge in [-0.1, -0.05) is 35.9 Å². The molecule has 5 rings (SSSR count). The Hall–Kier alpha value is -1.13. The molecule has 2 aromatic carbocycles. The van der Waals surface area contributed by atoms with Crippen LogP contribution in [0.15, 0.2) is 48.5 Å². The van der Waals surface area contributed by atoms with Gasteiger partial charge in [-0.15, -0.1) is 12.4 Å². The van der Waals surface area contributed by atoms with Crippen LogP contribution in [0.25, 0.3) is 0 Å². The number of rotatable bonds is 3. The van der Waals surface area contributed by atoms with Gasteiger partial charge in [-0.25, -0.2) is 4.39 Å². The molecule has 3 atom stereocenters. The first-order valence-corrected chi connectivity index (χ1v) is 10.0. The van der Waals surface area contributed by atoms with Crippen LogP contribution in [0, 0.1) is 11.7 Å². The second-order valence-electron chi connectivity index (χ2n) is 8.20. The molecule has 0 N–H and O–H groups in total. The fraction of sp³-hybridized carbons (Fsp3) is 0.455. The van der Waals surface area contributed by atoms with Gasteiger partial charge in [-0.3, -0.25) is 9.80 Å². The lowest BCUT2D eigenvalue weighted by Gasteiger charge is -2.35. The molecule has 27 heavy (non-hydrogen) atoms. The fourth-order valence-electron chi connectivity index (χ4n) is 5.72. The Balaban J connectivity index is 0.00000180. The molecule has 2 aromatic rings. The zero-order chi connectivity index (χ0) is 17.7. The maximum atomic E-state index is 13.2. The Morgan fingerprint density at radius 2 is 1.81 bits per heavy atom. The first kappa shape index (κ1) is 19.2. The van der Waals surface area contributed by atoms with E-state index in [2.05, 4.69) is 21.9 Å². The van der Waals surface area contributed by atoms with Crippen LogP contribution in [0.3, 0.4) is 0 Å². The summed E-state index contributed by atoms with van der Waals surface area (Å²) in [7, 11) is 0. The minimum absolute atomic E-state index is 0. The van der Waals surface area contributed by atoms with Crippen LogP contribution in [0.4, 0.5) is 4.39 Å². The first-order valence-electron chi connectivity index (χ1n) is 9.63. The van der Waals surface area contributed by atoms with Gasteiger partial charge in [0.1, 0.15) is 5.82 Å². The molecular weight excluding hydrogens is 382 g/mol. The summed E-state index contributed by atoms with van der Waals surface area (Å²) in [6.45, 7) is 4.42. The summed E-state index contributed by atoms with van der Waals surface area (Å²) in [4.78, 5) is 5.36. The van der Waals surface area contributed by atoms with Gasteiger partial charge in [0.2, 0.25) is 0 Å². The van der Waals surface area contributed by atoms with Crippen molar-refractivity contribution in [3.05, 3.63) is 70.5 Å². The highest BCUT2D eigenvalue weighted by Crippen LogP contribution is 2.55. The monoisotopic (exact) mass is 406 g/mol. The summed E-state index contributed by atoms with van der Waals surface area (Å²) in [6.07, 6.45) is 3.84. The van der Waals surface area contributed by atoms with Crippen LogP contribution in [-0.2, 0) is 6.54 Å². The van der Waals surface area contributed by atoms with Gasteiger partial charge >= 0.3 is 0 Å². The largest absolute Gasteiger partial charge is 0.297 e. The molecule has 0 saturated carbocycles. The van der Waals surface area contributed by atoms with E-state index < -0.39 is 0 Å². The first-order chi connectivity index (χ1) is 12.6. The molecular formula is C22H25Cl2FN2. The van der Waals surface area contributed by atoms with Crippen molar-refractivity contribution in [2.75, 3.05) is 19.6 Å². The third-order valence-electron chi connectivity index (χ3n) is 6.77. The lowest BCUT2D eigenvalue weighted by molar-refractivity contribution is 0.131. The number of hydrogen-bond acceptors (Lipinski definition) is 2. The van der Waals surface area contributed by atoms with Crippen molar-refractivity contribution in [3.63, 3.8) is 0 Å². The maximum Gasteiger partial charge on any atom is 0.123 e. The van der Waals surface area contributed by atoms with Crippen LogP contribution in [0.1, 0.15) is 36.4 Å². The highest BCUT2D eigenvalue weighted by atomic mass is 35.5. The zero-order valence-corrected chi connectivity index (χ0v) is 16.9. The predicted molar refractivity (Wildman–Crippen MR) is 110 cm³/mol. The molecule has 3 aliphatic heterocycles. The molecule has 5 heteroatoms. The summed E-state index contributed by atoms with van der Waals surface area (Å²) in [6, 6.07) is 16.0. The van der Waals surface area contributed by atoms with Crippen molar-refractivity contribution < 1.29 is 4.39 Å². The Morgan fingerprint density at radius 1 is 1.07 bits per heavy atom.